The number of carbonyl (C=O) groups excluding carboxylic acids is 1. The highest BCUT2D eigenvalue weighted by Gasteiger charge is 2.15. The lowest BCUT2D eigenvalue weighted by Crippen LogP contribution is -2.22. The maximum atomic E-state index is 14.0. The number of methoxy groups -OCH3 is 1. The molecule has 0 saturated carbocycles. The lowest BCUT2D eigenvalue weighted by Gasteiger charge is -2.07. The summed E-state index contributed by atoms with van der Waals surface area (Å²) in [6.07, 6.45) is 1.09. The average molecular weight is 427 g/mol. The van der Waals surface area contributed by atoms with Gasteiger partial charge in [-0.1, -0.05) is 31.7 Å². The van der Waals surface area contributed by atoms with Gasteiger partial charge in [0, 0.05) is 11.6 Å². The lowest BCUT2D eigenvalue weighted by atomic mass is 10.2. The van der Waals surface area contributed by atoms with Gasteiger partial charge in [0.05, 0.1) is 19.9 Å². The molecule has 0 fully saturated rings. The van der Waals surface area contributed by atoms with Crippen molar-refractivity contribution < 1.29 is 18.7 Å². The largest absolute Gasteiger partial charge is 0.481 e. The van der Waals surface area contributed by atoms with E-state index in [0.29, 0.717) is 23.6 Å². The van der Waals surface area contributed by atoms with Crippen LogP contribution in [0.25, 0.3) is 11.5 Å². The minimum atomic E-state index is -0.787. The number of H-pyrrole nitrogens is 1. The predicted octanol–water partition coefficient (Wildman–Crippen LogP) is 3.34. The number of hydrogen-bond donors (Lipinski definition) is 2. The Labute approximate surface area is 177 Å². The molecule has 2 N–H and O–H groups in total. The van der Waals surface area contributed by atoms with Gasteiger partial charge >= 0.3 is 6.09 Å². The topological polar surface area (TPSA) is 111 Å². The second kappa shape index (κ2) is 9.70. The zero-order chi connectivity index (χ0) is 22.4. The molecule has 0 bridgehead atoms. The van der Waals surface area contributed by atoms with Crippen molar-refractivity contribution in [1.82, 2.24) is 19.7 Å². The number of aromatic nitrogens is 4. The monoisotopic (exact) mass is 427 g/mol. The molecule has 0 aliphatic rings. The summed E-state index contributed by atoms with van der Waals surface area (Å²) < 4.78 is 25.7. The summed E-state index contributed by atoms with van der Waals surface area (Å²) in [5.41, 5.74) is 0.837. The molecule has 3 rings (SSSR count). The predicted molar refractivity (Wildman–Crippen MR) is 113 cm³/mol. The molecule has 1 aromatic carbocycles. The van der Waals surface area contributed by atoms with E-state index in [1.807, 2.05) is 6.92 Å². The van der Waals surface area contributed by atoms with E-state index in [9.17, 15) is 14.0 Å². The molecule has 1 amide bonds. The number of halogens is 1. The van der Waals surface area contributed by atoms with Gasteiger partial charge in [-0.05, 0) is 18.1 Å². The van der Waals surface area contributed by atoms with Crippen LogP contribution in [-0.2, 0) is 11.3 Å². The van der Waals surface area contributed by atoms with Gasteiger partial charge in [-0.15, -0.1) is 0 Å². The molecule has 0 saturated heterocycles. The average Bonchev–Trinajstić information content (AvgIpc) is 3.18. The van der Waals surface area contributed by atoms with E-state index < -0.39 is 11.7 Å². The maximum absolute atomic E-state index is 14.0. The van der Waals surface area contributed by atoms with Crippen molar-refractivity contribution in [2.24, 2.45) is 0 Å². The summed E-state index contributed by atoms with van der Waals surface area (Å²) in [7, 11) is 1.46. The first-order chi connectivity index (χ1) is 14.9. The lowest BCUT2D eigenvalue weighted by molar-refractivity contribution is 0.171. The van der Waals surface area contributed by atoms with Crippen molar-refractivity contribution in [3.63, 3.8) is 0 Å². The van der Waals surface area contributed by atoms with Crippen LogP contribution in [0.5, 0.6) is 5.88 Å². The van der Waals surface area contributed by atoms with E-state index in [0.717, 1.165) is 5.57 Å². The number of carbonyl (C=O) groups is 1. The van der Waals surface area contributed by atoms with Crippen LogP contribution < -0.4 is 15.6 Å². The first-order valence-corrected chi connectivity index (χ1v) is 9.46. The number of amides is 1. The summed E-state index contributed by atoms with van der Waals surface area (Å²) >= 11 is 0. The zero-order valence-electron chi connectivity index (χ0n) is 17.1. The van der Waals surface area contributed by atoms with Crippen LogP contribution in [-0.4, -0.2) is 39.6 Å². The van der Waals surface area contributed by atoms with Crippen LogP contribution in [0.15, 0.2) is 53.5 Å². The van der Waals surface area contributed by atoms with Crippen LogP contribution in [0, 0.1) is 5.82 Å². The third-order valence-electron chi connectivity index (χ3n) is 4.42. The summed E-state index contributed by atoms with van der Waals surface area (Å²) in [4.78, 5) is 30.8. The third-order valence-corrected chi connectivity index (χ3v) is 4.42. The zero-order valence-corrected chi connectivity index (χ0v) is 17.1. The van der Waals surface area contributed by atoms with Crippen molar-refractivity contribution in [1.29, 1.82) is 0 Å². The van der Waals surface area contributed by atoms with E-state index in [2.05, 4.69) is 27.0 Å². The Balaban J connectivity index is 1.77. The first kappa shape index (κ1) is 21.8. The fraction of sp³-hybridized carbons (Fsp3) is 0.238. The molecule has 0 aliphatic carbocycles. The number of ether oxygens (including phenoxy) is 2. The van der Waals surface area contributed by atoms with Crippen molar-refractivity contribution in [3.05, 3.63) is 70.4 Å². The normalized spacial score (nSPS) is 10.5. The highest BCUT2D eigenvalue weighted by atomic mass is 19.1. The van der Waals surface area contributed by atoms with E-state index in [4.69, 9.17) is 9.47 Å². The van der Waals surface area contributed by atoms with Gasteiger partial charge in [0.2, 0.25) is 5.88 Å². The fourth-order valence-electron chi connectivity index (χ4n) is 2.61. The molecule has 31 heavy (non-hydrogen) atoms. The van der Waals surface area contributed by atoms with E-state index in [1.165, 1.54) is 24.1 Å². The van der Waals surface area contributed by atoms with Crippen LogP contribution in [0.1, 0.15) is 18.9 Å². The van der Waals surface area contributed by atoms with Gasteiger partial charge in [-0.2, -0.15) is 5.10 Å². The van der Waals surface area contributed by atoms with Crippen molar-refractivity contribution >= 4 is 11.8 Å². The van der Waals surface area contributed by atoms with E-state index in [-0.39, 0.29) is 30.5 Å². The molecule has 0 atom stereocenters. The van der Waals surface area contributed by atoms with Crippen molar-refractivity contribution in [2.75, 3.05) is 19.0 Å². The molecule has 2 aromatic heterocycles. The van der Waals surface area contributed by atoms with Crippen LogP contribution >= 0.6 is 0 Å². The Morgan fingerprint density at radius 2 is 2.13 bits per heavy atom. The highest BCUT2D eigenvalue weighted by molar-refractivity contribution is 5.84. The Morgan fingerprint density at radius 1 is 1.35 bits per heavy atom. The fourth-order valence-corrected chi connectivity index (χ4v) is 2.61. The molecule has 2 heterocycles. The molecule has 9 nitrogen and oxygen atoms in total. The molecule has 0 unspecified atom stereocenters. The molecule has 0 aliphatic heterocycles. The SMILES string of the molecule is C=C(CC)COC(=O)Nc1cnc(-c2cc(OC)n(Cc3ccccc3F)n2)[nH]c1=O. The number of benzene rings is 1. The second-order valence-electron chi connectivity index (χ2n) is 6.60. The number of nitrogens with zero attached hydrogens (tertiary/aromatic N) is 3. The molecule has 3 aromatic rings. The maximum Gasteiger partial charge on any atom is 0.412 e. The number of nitrogens with one attached hydrogen (secondary N) is 2. The number of anilines is 1. The molecule has 0 spiro atoms. The number of aromatic amines is 1. The van der Waals surface area contributed by atoms with E-state index >= 15 is 0 Å². The number of hydrogen-bond acceptors (Lipinski definition) is 6. The van der Waals surface area contributed by atoms with Crippen LogP contribution in [0.2, 0.25) is 0 Å². The van der Waals surface area contributed by atoms with Gasteiger partial charge in [0.1, 0.15) is 23.8 Å². The molecule has 10 heteroatoms. The summed E-state index contributed by atoms with van der Waals surface area (Å²) in [6, 6.07) is 7.90. The summed E-state index contributed by atoms with van der Waals surface area (Å²) in [5, 5.41) is 6.68. The third kappa shape index (κ3) is 5.35. The van der Waals surface area contributed by atoms with E-state index in [1.54, 1.807) is 24.3 Å². The summed E-state index contributed by atoms with van der Waals surface area (Å²) in [6.45, 7) is 5.82. The van der Waals surface area contributed by atoms with Gasteiger partial charge in [-0.25, -0.2) is 18.9 Å². The smallest absolute Gasteiger partial charge is 0.412 e. The highest BCUT2D eigenvalue weighted by Crippen LogP contribution is 2.22. The Kier molecular flexibility index (Phi) is 6.81. The minimum absolute atomic E-state index is 0.0605. The second-order valence-corrected chi connectivity index (χ2v) is 6.60. The number of rotatable bonds is 8. The van der Waals surface area contributed by atoms with Crippen LogP contribution in [0.3, 0.4) is 0 Å². The standard InChI is InChI=1S/C21H22FN5O4/c1-4-13(2)12-31-21(29)24-17-10-23-19(25-20(17)28)16-9-18(30-3)27(26-16)11-14-7-5-6-8-15(14)22/h5-10H,2,4,11-12H2,1,3H3,(H,24,29)(H,23,25,28). The minimum Gasteiger partial charge on any atom is -0.481 e. The van der Waals surface area contributed by atoms with Gasteiger partial charge < -0.3 is 14.5 Å². The first-order valence-electron chi connectivity index (χ1n) is 9.46. The quantitative estimate of drug-likeness (QED) is 0.534. The summed E-state index contributed by atoms with van der Waals surface area (Å²) in [5.74, 6) is 0.162. The van der Waals surface area contributed by atoms with Gasteiger partial charge in [-0.3, -0.25) is 10.1 Å². The Bertz CT molecular complexity index is 1150. The van der Waals surface area contributed by atoms with Crippen molar-refractivity contribution in [2.45, 2.75) is 19.9 Å². The molecule has 162 valence electrons. The van der Waals surface area contributed by atoms with Gasteiger partial charge in [0.15, 0.2) is 5.82 Å². The van der Waals surface area contributed by atoms with Gasteiger partial charge in [0.25, 0.3) is 5.56 Å². The molecule has 0 radical (unpaired) electrons. The van der Waals surface area contributed by atoms with Crippen molar-refractivity contribution in [3.8, 4) is 17.4 Å². The van der Waals surface area contributed by atoms with Crippen LogP contribution in [0.4, 0.5) is 14.9 Å². The Morgan fingerprint density at radius 3 is 2.81 bits per heavy atom. The molecular formula is C21H22FN5O4. The Hall–Kier alpha value is -3.95. The molecular weight excluding hydrogens is 405 g/mol.